The SMILES string of the molecule is S=C(NCc1ccc(Cl)cc1)Nc1cccc(Cn2cc(Cl)cn2)c1. The lowest BCUT2D eigenvalue weighted by atomic mass is 10.2. The number of hydrogen-bond acceptors (Lipinski definition) is 2. The number of hydrogen-bond donors (Lipinski definition) is 2. The van der Waals surface area contributed by atoms with Gasteiger partial charge in [-0.1, -0.05) is 47.5 Å². The van der Waals surface area contributed by atoms with Gasteiger partial charge in [0.2, 0.25) is 0 Å². The minimum Gasteiger partial charge on any atom is -0.358 e. The molecule has 0 fully saturated rings. The number of rotatable bonds is 5. The standard InChI is InChI=1S/C18H16Cl2N4S/c19-15-6-4-13(5-7-15)9-21-18(25)23-17-3-1-2-14(8-17)11-24-12-16(20)10-22-24/h1-8,10,12H,9,11H2,(H2,21,23,25). The van der Waals surface area contributed by atoms with Gasteiger partial charge in [-0.05, 0) is 47.6 Å². The van der Waals surface area contributed by atoms with Crippen LogP contribution >= 0.6 is 35.4 Å². The van der Waals surface area contributed by atoms with Crippen LogP contribution in [0.3, 0.4) is 0 Å². The molecule has 0 aliphatic heterocycles. The number of anilines is 1. The normalized spacial score (nSPS) is 10.5. The molecule has 1 heterocycles. The van der Waals surface area contributed by atoms with Crippen molar-refractivity contribution in [3.05, 3.63) is 82.1 Å². The molecule has 0 spiro atoms. The fourth-order valence-corrected chi connectivity index (χ4v) is 2.79. The van der Waals surface area contributed by atoms with Crippen molar-refractivity contribution < 1.29 is 0 Å². The van der Waals surface area contributed by atoms with Gasteiger partial charge in [0.05, 0.1) is 17.8 Å². The van der Waals surface area contributed by atoms with E-state index in [1.54, 1.807) is 17.1 Å². The molecular weight excluding hydrogens is 375 g/mol. The van der Waals surface area contributed by atoms with Crippen molar-refractivity contribution in [2.75, 3.05) is 5.32 Å². The minimum atomic E-state index is 0.564. The summed E-state index contributed by atoms with van der Waals surface area (Å²) in [6.45, 7) is 1.28. The molecule has 0 aliphatic rings. The average Bonchev–Trinajstić information content (AvgIpc) is 2.99. The van der Waals surface area contributed by atoms with E-state index >= 15 is 0 Å². The van der Waals surface area contributed by atoms with Crippen LogP contribution in [-0.4, -0.2) is 14.9 Å². The Bertz CT molecular complexity index is 862. The number of nitrogens with zero attached hydrogens (tertiary/aromatic N) is 2. The van der Waals surface area contributed by atoms with Crippen LogP contribution in [0.5, 0.6) is 0 Å². The van der Waals surface area contributed by atoms with Crippen LogP contribution in [0.1, 0.15) is 11.1 Å². The number of halogens is 2. The molecule has 2 aromatic carbocycles. The van der Waals surface area contributed by atoms with Crippen molar-refractivity contribution in [3.8, 4) is 0 Å². The Hall–Kier alpha value is -2.08. The zero-order chi connectivity index (χ0) is 17.6. The van der Waals surface area contributed by atoms with Crippen molar-refractivity contribution in [1.29, 1.82) is 0 Å². The van der Waals surface area contributed by atoms with E-state index in [0.29, 0.717) is 23.2 Å². The van der Waals surface area contributed by atoms with Crippen LogP contribution in [0.25, 0.3) is 0 Å². The van der Waals surface area contributed by atoms with Gasteiger partial charge >= 0.3 is 0 Å². The molecule has 0 amide bonds. The van der Waals surface area contributed by atoms with E-state index in [0.717, 1.165) is 21.8 Å². The van der Waals surface area contributed by atoms with Gasteiger partial charge in [-0.2, -0.15) is 5.10 Å². The first-order valence-corrected chi connectivity index (χ1v) is 8.81. The molecule has 4 nitrogen and oxygen atoms in total. The molecule has 1 aromatic heterocycles. The Kier molecular flexibility index (Phi) is 5.91. The van der Waals surface area contributed by atoms with Crippen molar-refractivity contribution in [2.45, 2.75) is 13.1 Å². The van der Waals surface area contributed by atoms with Crippen LogP contribution in [0, 0.1) is 0 Å². The van der Waals surface area contributed by atoms with Crippen molar-refractivity contribution in [2.24, 2.45) is 0 Å². The predicted octanol–water partition coefficient (Wildman–Crippen LogP) is 4.72. The van der Waals surface area contributed by atoms with Crippen LogP contribution < -0.4 is 10.6 Å². The van der Waals surface area contributed by atoms with E-state index in [4.69, 9.17) is 35.4 Å². The highest BCUT2D eigenvalue weighted by atomic mass is 35.5. The topological polar surface area (TPSA) is 41.9 Å². The number of benzene rings is 2. The number of thiocarbonyl (C=S) groups is 1. The third-order valence-corrected chi connectivity index (χ3v) is 4.19. The summed E-state index contributed by atoms with van der Waals surface area (Å²) in [5, 5.41) is 12.5. The first-order valence-electron chi connectivity index (χ1n) is 7.65. The maximum Gasteiger partial charge on any atom is 0.171 e. The molecule has 0 saturated heterocycles. The molecule has 0 radical (unpaired) electrons. The molecule has 3 rings (SSSR count). The Labute approximate surface area is 161 Å². The summed E-state index contributed by atoms with van der Waals surface area (Å²) in [6, 6.07) is 15.7. The summed E-state index contributed by atoms with van der Waals surface area (Å²) in [5.41, 5.74) is 3.13. The van der Waals surface area contributed by atoms with Crippen LogP contribution in [0.15, 0.2) is 60.9 Å². The van der Waals surface area contributed by atoms with E-state index in [-0.39, 0.29) is 0 Å². The third kappa shape index (κ3) is 5.46. The second-order valence-electron chi connectivity index (χ2n) is 5.49. The number of aromatic nitrogens is 2. The zero-order valence-electron chi connectivity index (χ0n) is 13.2. The van der Waals surface area contributed by atoms with Gasteiger partial charge in [-0.25, -0.2) is 0 Å². The molecule has 0 aliphatic carbocycles. The highest BCUT2D eigenvalue weighted by molar-refractivity contribution is 7.80. The monoisotopic (exact) mass is 390 g/mol. The Morgan fingerprint density at radius 1 is 1.04 bits per heavy atom. The van der Waals surface area contributed by atoms with Gasteiger partial charge in [0.1, 0.15) is 0 Å². The van der Waals surface area contributed by atoms with Crippen LogP contribution in [-0.2, 0) is 13.1 Å². The van der Waals surface area contributed by atoms with Crippen LogP contribution in [0.4, 0.5) is 5.69 Å². The Morgan fingerprint density at radius 3 is 2.56 bits per heavy atom. The molecule has 0 atom stereocenters. The van der Waals surface area contributed by atoms with Crippen molar-refractivity contribution in [1.82, 2.24) is 15.1 Å². The summed E-state index contributed by atoms with van der Waals surface area (Å²) < 4.78 is 1.79. The first kappa shape index (κ1) is 17.7. The largest absolute Gasteiger partial charge is 0.358 e. The number of nitrogens with one attached hydrogen (secondary N) is 2. The Balaban J connectivity index is 1.55. The van der Waals surface area contributed by atoms with Crippen molar-refractivity contribution >= 4 is 46.2 Å². The molecule has 2 N–H and O–H groups in total. The second-order valence-corrected chi connectivity index (χ2v) is 6.77. The molecule has 0 bridgehead atoms. The molecule has 7 heteroatoms. The van der Waals surface area contributed by atoms with Gasteiger partial charge in [0, 0.05) is 23.5 Å². The average molecular weight is 391 g/mol. The summed E-state index contributed by atoms with van der Waals surface area (Å²) >= 11 is 17.1. The zero-order valence-corrected chi connectivity index (χ0v) is 15.6. The summed E-state index contributed by atoms with van der Waals surface area (Å²) in [4.78, 5) is 0. The molecule has 128 valence electrons. The lowest BCUT2D eigenvalue weighted by Gasteiger charge is -2.12. The molecule has 0 unspecified atom stereocenters. The van der Waals surface area contributed by atoms with Gasteiger partial charge in [-0.15, -0.1) is 0 Å². The van der Waals surface area contributed by atoms with Gasteiger partial charge in [0.15, 0.2) is 5.11 Å². The highest BCUT2D eigenvalue weighted by Crippen LogP contribution is 2.14. The van der Waals surface area contributed by atoms with Gasteiger partial charge in [-0.3, -0.25) is 4.68 Å². The van der Waals surface area contributed by atoms with E-state index in [9.17, 15) is 0 Å². The quantitative estimate of drug-likeness (QED) is 0.618. The highest BCUT2D eigenvalue weighted by Gasteiger charge is 2.02. The molecule has 3 aromatic rings. The van der Waals surface area contributed by atoms with Gasteiger partial charge < -0.3 is 10.6 Å². The van der Waals surface area contributed by atoms with E-state index < -0.39 is 0 Å². The maximum atomic E-state index is 5.89. The fraction of sp³-hybridized carbons (Fsp3) is 0.111. The fourth-order valence-electron chi connectivity index (χ4n) is 2.32. The smallest absolute Gasteiger partial charge is 0.171 e. The maximum absolute atomic E-state index is 5.89. The second kappa shape index (κ2) is 8.34. The first-order chi connectivity index (χ1) is 12.1. The van der Waals surface area contributed by atoms with Gasteiger partial charge in [0.25, 0.3) is 0 Å². The lowest BCUT2D eigenvalue weighted by molar-refractivity contribution is 0.687. The summed E-state index contributed by atoms with van der Waals surface area (Å²) in [6.07, 6.45) is 3.42. The molecule has 0 saturated carbocycles. The third-order valence-electron chi connectivity index (χ3n) is 3.50. The predicted molar refractivity (Wildman–Crippen MR) is 107 cm³/mol. The molecular formula is C18H16Cl2N4S. The molecule has 25 heavy (non-hydrogen) atoms. The van der Waals surface area contributed by atoms with Crippen LogP contribution in [0.2, 0.25) is 10.0 Å². The van der Waals surface area contributed by atoms with E-state index in [1.807, 2.05) is 48.5 Å². The minimum absolute atomic E-state index is 0.564. The van der Waals surface area contributed by atoms with Crippen molar-refractivity contribution in [3.63, 3.8) is 0 Å². The summed E-state index contributed by atoms with van der Waals surface area (Å²) in [7, 11) is 0. The van der Waals surface area contributed by atoms with E-state index in [1.165, 1.54) is 0 Å². The van der Waals surface area contributed by atoms with E-state index in [2.05, 4.69) is 15.7 Å². The Morgan fingerprint density at radius 2 is 1.84 bits per heavy atom. The lowest BCUT2D eigenvalue weighted by Crippen LogP contribution is -2.27. The summed E-state index contributed by atoms with van der Waals surface area (Å²) in [5.74, 6) is 0.